The van der Waals surface area contributed by atoms with E-state index in [0.29, 0.717) is 18.2 Å². The van der Waals surface area contributed by atoms with E-state index < -0.39 is 0 Å². The van der Waals surface area contributed by atoms with Crippen LogP contribution in [0.4, 0.5) is 0 Å². The molecule has 0 bridgehead atoms. The van der Waals surface area contributed by atoms with Gasteiger partial charge in [0.2, 0.25) is 0 Å². The quantitative estimate of drug-likeness (QED) is 0.670. The van der Waals surface area contributed by atoms with Gasteiger partial charge in [0.15, 0.2) is 0 Å². The maximum Gasteiger partial charge on any atom is 0.270 e. The number of nitrogens with zero attached hydrogens (tertiary/aromatic N) is 2. The normalized spacial score (nSPS) is 15.7. The average Bonchev–Trinajstić information content (AvgIpc) is 2.79. The molecule has 1 aliphatic rings. The predicted octanol–water partition coefficient (Wildman–Crippen LogP) is 4.03. The van der Waals surface area contributed by atoms with Gasteiger partial charge in [-0.1, -0.05) is 17.7 Å². The lowest BCUT2D eigenvalue weighted by molar-refractivity contribution is 0.0855. The molecule has 1 aliphatic heterocycles. The van der Waals surface area contributed by atoms with Crippen LogP contribution in [0.5, 0.6) is 5.75 Å². The van der Waals surface area contributed by atoms with Crippen LogP contribution in [0.25, 0.3) is 10.9 Å². The lowest BCUT2D eigenvalue weighted by atomic mass is 9.89. The van der Waals surface area contributed by atoms with Crippen LogP contribution >= 0.6 is 0 Å². The monoisotopic (exact) mass is 405 g/mol. The number of pyridine rings is 2. The Hall–Kier alpha value is -2.99. The lowest BCUT2D eigenvalue weighted by Gasteiger charge is -2.24. The summed E-state index contributed by atoms with van der Waals surface area (Å²) in [6.07, 6.45) is 5.28. The molecule has 3 heterocycles. The van der Waals surface area contributed by atoms with Crippen molar-refractivity contribution in [3.63, 3.8) is 0 Å². The molecular formula is C24H27N3O3. The van der Waals surface area contributed by atoms with Crippen LogP contribution in [-0.2, 0) is 4.74 Å². The molecule has 1 saturated heterocycles. The van der Waals surface area contributed by atoms with Gasteiger partial charge in [-0.2, -0.15) is 0 Å². The summed E-state index contributed by atoms with van der Waals surface area (Å²) in [6.45, 7) is 5.85. The summed E-state index contributed by atoms with van der Waals surface area (Å²) < 4.78 is 11.4. The number of hydrogen-bond acceptors (Lipinski definition) is 5. The number of amides is 1. The maximum atomic E-state index is 12.9. The van der Waals surface area contributed by atoms with E-state index >= 15 is 0 Å². The topological polar surface area (TPSA) is 73.3 Å². The van der Waals surface area contributed by atoms with Crippen molar-refractivity contribution in [3.05, 3.63) is 65.6 Å². The largest absolute Gasteiger partial charge is 0.489 e. The van der Waals surface area contributed by atoms with Crippen LogP contribution in [0.1, 0.15) is 47.3 Å². The third-order valence-electron chi connectivity index (χ3n) is 5.44. The Kier molecular flexibility index (Phi) is 6.23. The zero-order valence-corrected chi connectivity index (χ0v) is 17.4. The number of benzene rings is 1. The maximum absolute atomic E-state index is 12.9. The highest BCUT2D eigenvalue weighted by atomic mass is 16.5. The number of nitrogens with one attached hydrogen (secondary N) is 1. The molecule has 1 fully saturated rings. The first-order valence-corrected chi connectivity index (χ1v) is 10.4. The summed E-state index contributed by atoms with van der Waals surface area (Å²) in [4.78, 5) is 21.7. The molecule has 0 spiro atoms. The highest BCUT2D eigenvalue weighted by Gasteiger charge is 2.21. The Morgan fingerprint density at radius 2 is 2.00 bits per heavy atom. The highest BCUT2D eigenvalue weighted by molar-refractivity contribution is 5.96. The minimum absolute atomic E-state index is 0.156. The van der Waals surface area contributed by atoms with Crippen molar-refractivity contribution >= 4 is 16.8 Å². The second-order valence-corrected chi connectivity index (χ2v) is 7.83. The zero-order chi connectivity index (χ0) is 20.9. The summed E-state index contributed by atoms with van der Waals surface area (Å²) >= 11 is 0. The number of aromatic nitrogens is 2. The Balaban J connectivity index is 1.47. The molecule has 4 rings (SSSR count). The Morgan fingerprint density at radius 1 is 1.23 bits per heavy atom. The standard InChI is InChI=1S/C24H27N3O3/c1-16-3-5-19(6-4-16)30-17(2)14-26-24(28)23-13-20(18-8-11-29-12-9-18)21-15-25-10-7-22(21)27-23/h3-7,10,13,15,17-18H,8-9,11-12,14H2,1-2H3,(H,26,28)/t17-/m1/s1. The van der Waals surface area contributed by atoms with Crippen LogP contribution in [0.15, 0.2) is 48.8 Å². The number of carbonyl (C=O) groups is 1. The third kappa shape index (κ3) is 4.76. The first kappa shape index (κ1) is 20.3. The molecular weight excluding hydrogens is 378 g/mol. The molecule has 1 amide bonds. The highest BCUT2D eigenvalue weighted by Crippen LogP contribution is 2.32. The molecule has 0 aliphatic carbocycles. The van der Waals surface area contributed by atoms with Crippen molar-refractivity contribution in [1.82, 2.24) is 15.3 Å². The van der Waals surface area contributed by atoms with E-state index in [1.54, 1.807) is 6.20 Å². The molecule has 1 N–H and O–H groups in total. The van der Waals surface area contributed by atoms with Gasteiger partial charge in [-0.25, -0.2) is 4.98 Å². The molecule has 0 unspecified atom stereocenters. The van der Waals surface area contributed by atoms with Crippen LogP contribution in [0.3, 0.4) is 0 Å². The molecule has 0 saturated carbocycles. The van der Waals surface area contributed by atoms with Crippen molar-refractivity contribution in [1.29, 1.82) is 0 Å². The summed E-state index contributed by atoms with van der Waals surface area (Å²) in [5, 5.41) is 3.97. The van der Waals surface area contributed by atoms with Crippen LogP contribution in [0.2, 0.25) is 0 Å². The van der Waals surface area contributed by atoms with Crippen LogP contribution in [0, 0.1) is 6.92 Å². The van der Waals surface area contributed by atoms with Crippen LogP contribution < -0.4 is 10.1 Å². The fourth-order valence-electron chi connectivity index (χ4n) is 3.77. The van der Waals surface area contributed by atoms with Gasteiger partial charge < -0.3 is 14.8 Å². The van der Waals surface area contributed by atoms with E-state index in [1.165, 1.54) is 5.56 Å². The molecule has 30 heavy (non-hydrogen) atoms. The summed E-state index contributed by atoms with van der Waals surface area (Å²) in [5.41, 5.74) is 3.53. The van der Waals surface area contributed by atoms with Gasteiger partial charge in [0.25, 0.3) is 5.91 Å². The Bertz CT molecular complexity index is 1010. The summed E-state index contributed by atoms with van der Waals surface area (Å²) in [5.74, 6) is 0.950. The molecule has 6 nitrogen and oxygen atoms in total. The summed E-state index contributed by atoms with van der Waals surface area (Å²) in [6, 6.07) is 11.7. The van der Waals surface area contributed by atoms with E-state index in [4.69, 9.17) is 9.47 Å². The van der Waals surface area contributed by atoms with Crippen molar-refractivity contribution in [2.45, 2.75) is 38.7 Å². The van der Waals surface area contributed by atoms with Crippen LogP contribution in [-0.4, -0.2) is 41.7 Å². The van der Waals surface area contributed by atoms with E-state index in [0.717, 1.165) is 48.3 Å². The van der Waals surface area contributed by atoms with Gasteiger partial charge in [-0.3, -0.25) is 9.78 Å². The van der Waals surface area contributed by atoms with Gasteiger partial charge in [0.1, 0.15) is 17.5 Å². The van der Waals surface area contributed by atoms with E-state index in [2.05, 4.69) is 15.3 Å². The molecule has 3 aromatic rings. The van der Waals surface area contributed by atoms with Gasteiger partial charge in [0, 0.05) is 31.0 Å². The predicted molar refractivity (Wildman–Crippen MR) is 116 cm³/mol. The van der Waals surface area contributed by atoms with Gasteiger partial charge in [0.05, 0.1) is 12.1 Å². The number of fused-ring (bicyclic) bond motifs is 1. The smallest absolute Gasteiger partial charge is 0.270 e. The number of ether oxygens (including phenoxy) is 2. The first-order chi connectivity index (χ1) is 14.6. The van der Waals surface area contributed by atoms with E-state index in [1.807, 2.05) is 56.4 Å². The number of hydrogen-bond donors (Lipinski definition) is 1. The van der Waals surface area contributed by atoms with Crippen molar-refractivity contribution < 1.29 is 14.3 Å². The average molecular weight is 405 g/mol. The molecule has 0 radical (unpaired) electrons. The van der Waals surface area contributed by atoms with Gasteiger partial charge in [-0.15, -0.1) is 0 Å². The fraction of sp³-hybridized carbons (Fsp3) is 0.375. The second-order valence-electron chi connectivity index (χ2n) is 7.83. The second kappa shape index (κ2) is 9.22. The Morgan fingerprint density at radius 3 is 2.77 bits per heavy atom. The van der Waals surface area contributed by atoms with E-state index in [9.17, 15) is 4.79 Å². The SMILES string of the molecule is Cc1ccc(O[C@H](C)CNC(=O)c2cc(C3CCOCC3)c3cnccc3n2)cc1. The molecule has 1 aromatic carbocycles. The molecule has 156 valence electrons. The van der Waals surface area contributed by atoms with E-state index in [-0.39, 0.29) is 12.0 Å². The molecule has 6 heteroatoms. The Labute approximate surface area is 176 Å². The third-order valence-corrected chi connectivity index (χ3v) is 5.44. The molecule has 2 aromatic heterocycles. The van der Waals surface area contributed by atoms with Gasteiger partial charge in [-0.05, 0) is 62.4 Å². The number of aryl methyl sites for hydroxylation is 1. The first-order valence-electron chi connectivity index (χ1n) is 10.4. The number of rotatable bonds is 6. The molecule has 1 atom stereocenters. The zero-order valence-electron chi connectivity index (χ0n) is 17.4. The van der Waals surface area contributed by atoms with Crippen molar-refractivity contribution in [2.75, 3.05) is 19.8 Å². The van der Waals surface area contributed by atoms with Crippen molar-refractivity contribution in [2.24, 2.45) is 0 Å². The number of carbonyl (C=O) groups excluding carboxylic acids is 1. The van der Waals surface area contributed by atoms with Gasteiger partial charge >= 0.3 is 0 Å². The summed E-state index contributed by atoms with van der Waals surface area (Å²) in [7, 11) is 0. The minimum Gasteiger partial charge on any atom is -0.489 e. The lowest BCUT2D eigenvalue weighted by Crippen LogP contribution is -2.34. The fourth-order valence-corrected chi connectivity index (χ4v) is 3.77. The minimum atomic E-state index is -0.193. The van der Waals surface area contributed by atoms with Crippen molar-refractivity contribution in [3.8, 4) is 5.75 Å².